The molecule has 0 aliphatic heterocycles. The quantitative estimate of drug-likeness (QED) is 0.650. The molecule has 0 atom stereocenters. The van der Waals surface area contributed by atoms with Crippen LogP contribution < -0.4 is 5.32 Å². The van der Waals surface area contributed by atoms with Gasteiger partial charge in [-0.25, -0.2) is 0 Å². The second kappa shape index (κ2) is 7.34. The van der Waals surface area contributed by atoms with Gasteiger partial charge in [-0.1, -0.05) is 13.8 Å². The number of aromatic hydroxyl groups is 1. The van der Waals surface area contributed by atoms with Gasteiger partial charge in [0.05, 0.1) is 12.3 Å². The molecule has 0 spiro atoms. The van der Waals surface area contributed by atoms with Crippen LogP contribution in [0.15, 0.2) is 6.20 Å². The lowest BCUT2D eigenvalue weighted by Crippen LogP contribution is -2.17. The van der Waals surface area contributed by atoms with Gasteiger partial charge in [-0.05, 0) is 32.2 Å². The Balaban J connectivity index is 2.53. The van der Waals surface area contributed by atoms with Crippen LogP contribution >= 0.6 is 0 Å². The van der Waals surface area contributed by atoms with E-state index < -0.39 is 0 Å². The molecule has 0 fully saturated rings. The minimum Gasteiger partial charge on any atom is -0.506 e. The van der Waals surface area contributed by atoms with Crippen molar-refractivity contribution in [2.75, 3.05) is 6.54 Å². The van der Waals surface area contributed by atoms with Crippen LogP contribution in [0.5, 0.6) is 5.75 Å². The molecule has 0 aliphatic carbocycles. The highest BCUT2D eigenvalue weighted by Gasteiger charge is 2.10. The summed E-state index contributed by atoms with van der Waals surface area (Å²) in [6.07, 6.45) is 3.94. The highest BCUT2D eigenvalue weighted by molar-refractivity contribution is 5.40. The molecule has 0 amide bonds. The van der Waals surface area contributed by atoms with E-state index in [1.54, 1.807) is 13.1 Å². The van der Waals surface area contributed by atoms with Gasteiger partial charge in [-0.2, -0.15) is 0 Å². The summed E-state index contributed by atoms with van der Waals surface area (Å²) in [5.41, 5.74) is 2.05. The highest BCUT2D eigenvalue weighted by Crippen LogP contribution is 2.23. The topological polar surface area (TPSA) is 65.4 Å². The Labute approximate surface area is 109 Å². The maximum atomic E-state index is 9.94. The van der Waals surface area contributed by atoms with Crippen LogP contribution in [0.3, 0.4) is 0 Å². The van der Waals surface area contributed by atoms with E-state index in [2.05, 4.69) is 24.1 Å². The molecule has 0 bridgehead atoms. The number of hydrogen-bond acceptors (Lipinski definition) is 4. The smallest absolute Gasteiger partial charge is 0.141 e. The standard InChI is InChI=1S/C14H24N2O2/c1-10(2)5-4-6-15-8-13-12(9-17)7-16-11(3)14(13)18/h7,10,15,17-18H,4-6,8-9H2,1-3H3. The number of aliphatic hydroxyl groups excluding tert-OH is 1. The number of hydrogen-bond donors (Lipinski definition) is 3. The molecule has 0 radical (unpaired) electrons. The first-order chi connectivity index (χ1) is 8.56. The summed E-state index contributed by atoms with van der Waals surface area (Å²) in [5.74, 6) is 0.911. The van der Waals surface area contributed by atoms with Gasteiger partial charge in [0.2, 0.25) is 0 Å². The van der Waals surface area contributed by atoms with Gasteiger partial charge in [0.1, 0.15) is 5.75 Å². The van der Waals surface area contributed by atoms with E-state index in [-0.39, 0.29) is 12.4 Å². The van der Waals surface area contributed by atoms with Gasteiger partial charge >= 0.3 is 0 Å². The van der Waals surface area contributed by atoms with Crippen molar-refractivity contribution in [3.8, 4) is 5.75 Å². The molecular formula is C14H24N2O2. The van der Waals surface area contributed by atoms with Crippen LogP contribution in [-0.4, -0.2) is 21.7 Å². The minimum absolute atomic E-state index is 0.0934. The summed E-state index contributed by atoms with van der Waals surface area (Å²) in [6, 6.07) is 0. The fraction of sp³-hybridized carbons (Fsp3) is 0.643. The first kappa shape index (κ1) is 14.9. The molecule has 1 aromatic heterocycles. The van der Waals surface area contributed by atoms with E-state index in [1.807, 2.05) is 0 Å². The van der Waals surface area contributed by atoms with E-state index in [0.29, 0.717) is 17.8 Å². The second-order valence-electron chi connectivity index (χ2n) is 5.07. The van der Waals surface area contributed by atoms with Crippen molar-refractivity contribution < 1.29 is 10.2 Å². The lowest BCUT2D eigenvalue weighted by atomic mass is 10.1. The molecule has 4 nitrogen and oxygen atoms in total. The molecule has 0 aromatic carbocycles. The van der Waals surface area contributed by atoms with Crippen LogP contribution in [0.25, 0.3) is 0 Å². The van der Waals surface area contributed by atoms with Gasteiger partial charge in [0.15, 0.2) is 0 Å². The maximum Gasteiger partial charge on any atom is 0.141 e. The Morgan fingerprint density at radius 2 is 2.11 bits per heavy atom. The zero-order valence-electron chi connectivity index (χ0n) is 11.5. The Hall–Kier alpha value is -1.13. The Bertz CT molecular complexity index is 378. The fourth-order valence-corrected chi connectivity index (χ4v) is 1.87. The van der Waals surface area contributed by atoms with Crippen molar-refractivity contribution in [2.45, 2.75) is 46.8 Å². The highest BCUT2D eigenvalue weighted by atomic mass is 16.3. The van der Waals surface area contributed by atoms with Gasteiger partial charge in [-0.3, -0.25) is 4.98 Å². The molecule has 1 heterocycles. The van der Waals surface area contributed by atoms with Crippen molar-refractivity contribution in [3.63, 3.8) is 0 Å². The largest absolute Gasteiger partial charge is 0.506 e. The summed E-state index contributed by atoms with van der Waals surface area (Å²) in [7, 11) is 0. The van der Waals surface area contributed by atoms with Crippen molar-refractivity contribution in [1.82, 2.24) is 10.3 Å². The third kappa shape index (κ3) is 4.27. The third-order valence-corrected chi connectivity index (χ3v) is 3.04. The van der Waals surface area contributed by atoms with Gasteiger partial charge in [0, 0.05) is 23.9 Å². The van der Waals surface area contributed by atoms with Crippen LogP contribution in [0.4, 0.5) is 0 Å². The molecule has 0 unspecified atom stereocenters. The van der Waals surface area contributed by atoms with Crippen molar-refractivity contribution >= 4 is 0 Å². The van der Waals surface area contributed by atoms with Gasteiger partial charge in [-0.15, -0.1) is 0 Å². The number of aromatic nitrogens is 1. The molecule has 3 N–H and O–H groups in total. The van der Waals surface area contributed by atoms with Crippen LogP contribution in [-0.2, 0) is 13.2 Å². The first-order valence-corrected chi connectivity index (χ1v) is 6.54. The molecule has 0 saturated heterocycles. The van der Waals surface area contributed by atoms with E-state index in [9.17, 15) is 10.2 Å². The Kier molecular flexibility index (Phi) is 6.09. The lowest BCUT2D eigenvalue weighted by Gasteiger charge is -2.12. The molecule has 1 rings (SSSR count). The van der Waals surface area contributed by atoms with Crippen molar-refractivity contribution in [1.29, 1.82) is 0 Å². The van der Waals surface area contributed by atoms with Crippen LogP contribution in [0.1, 0.15) is 43.5 Å². The normalized spacial score (nSPS) is 11.2. The SMILES string of the molecule is Cc1ncc(CO)c(CNCCCC(C)C)c1O. The number of nitrogens with one attached hydrogen (secondary N) is 1. The average molecular weight is 252 g/mol. The molecule has 4 heteroatoms. The molecule has 0 aliphatic rings. The number of nitrogens with zero attached hydrogens (tertiary/aromatic N) is 1. The summed E-state index contributed by atoms with van der Waals surface area (Å²) in [6.45, 7) is 7.58. The van der Waals surface area contributed by atoms with E-state index in [4.69, 9.17) is 0 Å². The Morgan fingerprint density at radius 3 is 2.72 bits per heavy atom. The zero-order chi connectivity index (χ0) is 13.5. The Morgan fingerprint density at radius 1 is 1.39 bits per heavy atom. The average Bonchev–Trinajstić information content (AvgIpc) is 2.33. The minimum atomic E-state index is -0.0934. The van der Waals surface area contributed by atoms with Crippen LogP contribution in [0.2, 0.25) is 0 Å². The maximum absolute atomic E-state index is 9.94. The zero-order valence-corrected chi connectivity index (χ0v) is 11.5. The lowest BCUT2D eigenvalue weighted by molar-refractivity contribution is 0.278. The molecule has 0 saturated carbocycles. The van der Waals surface area contributed by atoms with Crippen molar-refractivity contribution in [2.24, 2.45) is 5.92 Å². The number of rotatable bonds is 7. The van der Waals surface area contributed by atoms with E-state index >= 15 is 0 Å². The predicted molar refractivity (Wildman–Crippen MR) is 72.3 cm³/mol. The molecule has 18 heavy (non-hydrogen) atoms. The van der Waals surface area contributed by atoms with E-state index in [1.165, 1.54) is 6.42 Å². The predicted octanol–water partition coefficient (Wildman–Crippen LogP) is 2.11. The summed E-state index contributed by atoms with van der Waals surface area (Å²) < 4.78 is 0. The second-order valence-corrected chi connectivity index (χ2v) is 5.07. The molecule has 102 valence electrons. The third-order valence-electron chi connectivity index (χ3n) is 3.04. The number of aryl methyl sites for hydroxylation is 1. The summed E-state index contributed by atoms with van der Waals surface area (Å²) in [4.78, 5) is 4.04. The molecular weight excluding hydrogens is 228 g/mol. The fourth-order valence-electron chi connectivity index (χ4n) is 1.87. The van der Waals surface area contributed by atoms with Gasteiger partial charge < -0.3 is 15.5 Å². The number of pyridine rings is 1. The van der Waals surface area contributed by atoms with Gasteiger partial charge in [0.25, 0.3) is 0 Å². The number of aliphatic hydroxyl groups is 1. The molecule has 1 aromatic rings. The summed E-state index contributed by atoms with van der Waals surface area (Å²) in [5, 5.41) is 22.5. The van der Waals surface area contributed by atoms with Crippen LogP contribution in [0, 0.1) is 12.8 Å². The monoisotopic (exact) mass is 252 g/mol. The first-order valence-electron chi connectivity index (χ1n) is 6.54. The van der Waals surface area contributed by atoms with E-state index in [0.717, 1.165) is 24.4 Å². The summed E-state index contributed by atoms with van der Waals surface area (Å²) >= 11 is 0. The van der Waals surface area contributed by atoms with Crippen molar-refractivity contribution in [3.05, 3.63) is 23.0 Å².